The first-order chi connectivity index (χ1) is 17.5. The molecule has 0 bridgehead atoms. The highest BCUT2D eigenvalue weighted by molar-refractivity contribution is 8.42. The lowest BCUT2D eigenvalue weighted by molar-refractivity contribution is -0.114. The second kappa shape index (κ2) is 10.3. The molecule has 2 aliphatic rings. The number of rotatable bonds is 6. The number of esters is 1. The predicted octanol–water partition coefficient (Wildman–Crippen LogP) is 4.05. The summed E-state index contributed by atoms with van der Waals surface area (Å²) in [6, 6.07) is 11.9. The summed E-state index contributed by atoms with van der Waals surface area (Å²) >= 11 is 0.715. The number of hydrogen-bond acceptors (Lipinski definition) is 9. The van der Waals surface area contributed by atoms with Crippen molar-refractivity contribution >= 4 is 54.9 Å². The molecule has 12 heteroatoms. The second-order valence-corrected chi connectivity index (χ2v) is 11.6. The number of thioether (sulfide) groups is 1. The van der Waals surface area contributed by atoms with E-state index in [1.165, 1.54) is 12.1 Å². The lowest BCUT2D eigenvalue weighted by Crippen LogP contribution is -2.35. The van der Waals surface area contributed by atoms with E-state index < -0.39 is 21.7 Å². The van der Waals surface area contributed by atoms with E-state index in [0.29, 0.717) is 35.4 Å². The number of carbonyl (C=O) groups is 2. The van der Waals surface area contributed by atoms with Crippen LogP contribution in [-0.4, -0.2) is 53.5 Å². The summed E-state index contributed by atoms with van der Waals surface area (Å²) in [5.74, 6) is -0.738. The molecule has 37 heavy (non-hydrogen) atoms. The van der Waals surface area contributed by atoms with E-state index in [1.54, 1.807) is 31.2 Å². The summed E-state index contributed by atoms with van der Waals surface area (Å²) in [7, 11) is -3.63. The molecule has 4 rings (SSSR count). The summed E-state index contributed by atoms with van der Waals surface area (Å²) in [6.07, 6.45) is 2.41. The Bertz CT molecular complexity index is 1490. The molecule has 2 heterocycles. The molecule has 0 radical (unpaired) electrons. The number of fused-ring (bicyclic) bond motifs is 1. The monoisotopic (exact) mass is 540 g/mol. The number of sulfone groups is 1. The molecule has 1 amide bonds. The van der Waals surface area contributed by atoms with Crippen molar-refractivity contribution in [3.8, 4) is 11.5 Å². The van der Waals surface area contributed by atoms with E-state index in [2.05, 4.69) is 23.9 Å². The average molecular weight is 541 g/mol. The van der Waals surface area contributed by atoms with Crippen molar-refractivity contribution in [1.82, 2.24) is 5.01 Å². The van der Waals surface area contributed by atoms with Crippen LogP contribution in [0.1, 0.15) is 48.2 Å². The van der Waals surface area contributed by atoms with Crippen molar-refractivity contribution in [2.45, 2.75) is 26.7 Å². The van der Waals surface area contributed by atoms with Crippen LogP contribution in [0.25, 0.3) is 6.08 Å². The van der Waals surface area contributed by atoms with Crippen LogP contribution in [0.2, 0.25) is 0 Å². The quantitative estimate of drug-likeness (QED) is 0.329. The van der Waals surface area contributed by atoms with E-state index in [0.717, 1.165) is 16.8 Å². The first kappa shape index (κ1) is 26.3. The van der Waals surface area contributed by atoms with Crippen molar-refractivity contribution in [3.05, 3.63) is 64.7 Å². The van der Waals surface area contributed by atoms with Gasteiger partial charge in [0.05, 0.1) is 17.7 Å². The van der Waals surface area contributed by atoms with Gasteiger partial charge in [0.25, 0.3) is 5.91 Å². The number of hydrazone groups is 1. The van der Waals surface area contributed by atoms with Gasteiger partial charge in [-0.15, -0.1) is 5.10 Å². The zero-order chi connectivity index (χ0) is 26.9. The van der Waals surface area contributed by atoms with Gasteiger partial charge in [0, 0.05) is 6.26 Å². The lowest BCUT2D eigenvalue weighted by atomic mass is 10.0. The molecule has 0 fully saturated rings. The number of amidine groups is 2. The molecule has 0 saturated carbocycles. The number of ether oxygens (including phenoxy) is 2. The number of carbonyl (C=O) groups excluding carboxylic acids is 2. The summed E-state index contributed by atoms with van der Waals surface area (Å²) in [5.41, 5.74) is 1.90. The van der Waals surface area contributed by atoms with Crippen LogP contribution in [0.3, 0.4) is 0 Å². The van der Waals surface area contributed by atoms with Gasteiger partial charge < -0.3 is 9.47 Å². The van der Waals surface area contributed by atoms with Crippen molar-refractivity contribution in [3.63, 3.8) is 0 Å². The number of aliphatic imine (C=N–C) groups is 1. The van der Waals surface area contributed by atoms with Gasteiger partial charge in [-0.2, -0.15) is 10.0 Å². The molecule has 0 aliphatic carbocycles. The highest BCUT2D eigenvalue weighted by atomic mass is 32.3. The SMILES string of the molecule is CCOc1cc(/C=C2/C(=N)N3N=C(S(C)(=O)=O)SC3=NC2=O)ccc1OC(=O)c1ccc(C(C)C)cc1. The molecule has 2 aliphatic heterocycles. The van der Waals surface area contributed by atoms with Gasteiger partial charge in [-0.25, -0.2) is 13.2 Å². The molecule has 0 atom stereocenters. The molecule has 0 unspecified atom stereocenters. The van der Waals surface area contributed by atoms with Crippen LogP contribution >= 0.6 is 11.8 Å². The molecule has 0 aromatic heterocycles. The first-order valence-corrected chi connectivity index (χ1v) is 14.0. The normalized spacial score (nSPS) is 16.6. The highest BCUT2D eigenvalue weighted by Gasteiger charge is 2.38. The third-order valence-corrected chi connectivity index (χ3v) is 7.92. The Labute approximate surface area is 218 Å². The third kappa shape index (κ3) is 5.65. The van der Waals surface area contributed by atoms with Gasteiger partial charge in [0.2, 0.25) is 19.4 Å². The maximum Gasteiger partial charge on any atom is 0.343 e. The number of amides is 1. The largest absolute Gasteiger partial charge is 0.490 e. The Hall–Kier alpha value is -3.77. The minimum absolute atomic E-state index is 0.00580. The predicted molar refractivity (Wildman–Crippen MR) is 143 cm³/mol. The lowest BCUT2D eigenvalue weighted by Gasteiger charge is -2.20. The number of hydrogen-bond donors (Lipinski definition) is 1. The molecular weight excluding hydrogens is 516 g/mol. The van der Waals surface area contributed by atoms with Crippen molar-refractivity contribution in [1.29, 1.82) is 5.41 Å². The molecule has 1 N–H and O–H groups in total. The molecule has 192 valence electrons. The zero-order valence-electron chi connectivity index (χ0n) is 20.5. The van der Waals surface area contributed by atoms with E-state index in [1.807, 2.05) is 12.1 Å². The Morgan fingerprint density at radius 2 is 1.86 bits per heavy atom. The van der Waals surface area contributed by atoms with Gasteiger partial charge >= 0.3 is 5.97 Å². The topological polar surface area (TPSA) is 139 Å². The smallest absolute Gasteiger partial charge is 0.343 e. The minimum atomic E-state index is -3.63. The number of benzene rings is 2. The maximum atomic E-state index is 12.7. The van der Waals surface area contributed by atoms with E-state index >= 15 is 0 Å². The molecule has 2 aromatic carbocycles. The maximum absolute atomic E-state index is 12.7. The summed E-state index contributed by atoms with van der Waals surface area (Å²) in [4.78, 5) is 29.2. The van der Waals surface area contributed by atoms with E-state index in [4.69, 9.17) is 14.9 Å². The fraction of sp³-hybridized carbons (Fsp3) is 0.240. The third-order valence-electron chi connectivity index (χ3n) is 5.35. The van der Waals surface area contributed by atoms with Gasteiger partial charge in [0.1, 0.15) is 0 Å². The Kier molecular flexibility index (Phi) is 7.32. The highest BCUT2D eigenvalue weighted by Crippen LogP contribution is 2.33. The fourth-order valence-electron chi connectivity index (χ4n) is 3.42. The molecule has 10 nitrogen and oxygen atoms in total. The minimum Gasteiger partial charge on any atom is -0.490 e. The molecule has 0 spiro atoms. The van der Waals surface area contributed by atoms with Crippen LogP contribution in [0.15, 0.2) is 58.1 Å². The second-order valence-electron chi connectivity index (χ2n) is 8.46. The molecule has 2 aromatic rings. The van der Waals surface area contributed by atoms with Crippen LogP contribution in [-0.2, 0) is 14.6 Å². The van der Waals surface area contributed by atoms with Gasteiger partial charge in [-0.05, 0) is 66.1 Å². The number of nitrogens with one attached hydrogen (secondary N) is 1. The Morgan fingerprint density at radius 3 is 2.49 bits per heavy atom. The average Bonchev–Trinajstić information content (AvgIpc) is 3.28. The van der Waals surface area contributed by atoms with E-state index in [-0.39, 0.29) is 32.5 Å². The zero-order valence-corrected chi connectivity index (χ0v) is 22.1. The summed E-state index contributed by atoms with van der Waals surface area (Å²) in [5, 5.41) is 13.3. The first-order valence-electron chi connectivity index (χ1n) is 11.3. The van der Waals surface area contributed by atoms with Crippen molar-refractivity contribution in [2.24, 2.45) is 10.1 Å². The van der Waals surface area contributed by atoms with Crippen LogP contribution < -0.4 is 9.47 Å². The van der Waals surface area contributed by atoms with Gasteiger partial charge in [0.15, 0.2) is 17.3 Å². The van der Waals surface area contributed by atoms with E-state index in [9.17, 15) is 18.0 Å². The van der Waals surface area contributed by atoms with Crippen molar-refractivity contribution < 1.29 is 27.5 Å². The number of nitrogens with zero attached hydrogens (tertiary/aromatic N) is 3. The summed E-state index contributed by atoms with van der Waals surface area (Å²) in [6.45, 7) is 6.21. The van der Waals surface area contributed by atoms with Crippen LogP contribution in [0.4, 0.5) is 0 Å². The molecule has 0 saturated heterocycles. The van der Waals surface area contributed by atoms with Crippen LogP contribution in [0.5, 0.6) is 11.5 Å². The fourth-order valence-corrected chi connectivity index (χ4v) is 5.11. The summed E-state index contributed by atoms with van der Waals surface area (Å²) < 4.78 is 34.6. The Balaban J connectivity index is 1.60. The van der Waals surface area contributed by atoms with Crippen molar-refractivity contribution in [2.75, 3.05) is 12.9 Å². The van der Waals surface area contributed by atoms with Crippen LogP contribution in [0, 0.1) is 5.41 Å². The van der Waals surface area contributed by atoms with Gasteiger partial charge in [-0.1, -0.05) is 32.0 Å². The standard InChI is InChI=1S/C25H24N4O6S2/c1-5-34-20-13-15(6-11-19(20)35-23(31)17-9-7-16(8-10-17)14(2)3)12-18-21(26)29-24(27-22(18)30)36-25(28-29)37(4,32)33/h6-14,26H,5H2,1-4H3/b18-12-,26-21?. The Morgan fingerprint density at radius 1 is 1.16 bits per heavy atom. The van der Waals surface area contributed by atoms with Gasteiger partial charge in [-0.3, -0.25) is 10.2 Å². The molecular formula is C25H24N4O6S2.